The van der Waals surface area contributed by atoms with Gasteiger partial charge in [-0.25, -0.2) is 0 Å². The lowest BCUT2D eigenvalue weighted by Crippen LogP contribution is -2.10. The molecule has 0 amide bonds. The molecule has 4 heteroatoms. The molecule has 0 atom stereocenters. The van der Waals surface area contributed by atoms with Gasteiger partial charge in [0.2, 0.25) is 0 Å². The predicted molar refractivity (Wildman–Crippen MR) is 122 cm³/mol. The summed E-state index contributed by atoms with van der Waals surface area (Å²) < 4.78 is 2.12. The number of hydrogen-bond donors (Lipinski definition) is 0. The standard InChI is InChI=1S/C25H27N3S/c1-25(2,3)21-14-12-18(13-15-21)17-29-24-27-26-23(28(24)4)16-20-10-7-9-19-8-5-6-11-22(19)20/h5-15H,16-17H2,1-4H3. The van der Waals surface area contributed by atoms with Gasteiger partial charge in [0.25, 0.3) is 0 Å². The van der Waals surface area contributed by atoms with Gasteiger partial charge in [0.1, 0.15) is 5.82 Å². The van der Waals surface area contributed by atoms with Gasteiger partial charge in [-0.2, -0.15) is 0 Å². The van der Waals surface area contributed by atoms with Gasteiger partial charge in [-0.15, -0.1) is 10.2 Å². The molecule has 0 aliphatic heterocycles. The zero-order valence-corrected chi connectivity index (χ0v) is 18.3. The van der Waals surface area contributed by atoms with E-state index < -0.39 is 0 Å². The maximum atomic E-state index is 4.47. The summed E-state index contributed by atoms with van der Waals surface area (Å²) in [5, 5.41) is 12.4. The zero-order valence-electron chi connectivity index (χ0n) is 17.5. The predicted octanol–water partition coefficient (Wildman–Crippen LogP) is 6.15. The van der Waals surface area contributed by atoms with Crippen LogP contribution in [0.25, 0.3) is 10.8 Å². The monoisotopic (exact) mass is 401 g/mol. The molecule has 1 heterocycles. The quantitative estimate of drug-likeness (QED) is 0.376. The Morgan fingerprint density at radius 1 is 0.862 bits per heavy atom. The number of nitrogens with zero attached hydrogens (tertiary/aromatic N) is 3. The van der Waals surface area contributed by atoms with E-state index >= 15 is 0 Å². The summed E-state index contributed by atoms with van der Waals surface area (Å²) in [6.07, 6.45) is 0.783. The minimum atomic E-state index is 0.186. The molecule has 3 aromatic carbocycles. The number of fused-ring (bicyclic) bond motifs is 1. The largest absolute Gasteiger partial charge is 0.309 e. The molecular weight excluding hydrogens is 374 g/mol. The van der Waals surface area contributed by atoms with Crippen LogP contribution in [0.1, 0.15) is 43.3 Å². The van der Waals surface area contributed by atoms with Crippen molar-refractivity contribution in [3.63, 3.8) is 0 Å². The second-order valence-electron chi connectivity index (χ2n) is 8.51. The molecule has 3 nitrogen and oxygen atoms in total. The number of thioether (sulfide) groups is 1. The third-order valence-corrected chi connectivity index (χ3v) is 6.43. The van der Waals surface area contributed by atoms with E-state index in [1.165, 1.54) is 27.5 Å². The van der Waals surface area contributed by atoms with Crippen molar-refractivity contribution in [1.82, 2.24) is 14.8 Å². The highest BCUT2D eigenvalue weighted by molar-refractivity contribution is 7.98. The Bertz CT molecular complexity index is 1120. The Morgan fingerprint density at radius 3 is 2.34 bits per heavy atom. The zero-order chi connectivity index (χ0) is 20.4. The van der Waals surface area contributed by atoms with Crippen molar-refractivity contribution in [2.45, 2.75) is 43.5 Å². The van der Waals surface area contributed by atoms with Gasteiger partial charge in [0.15, 0.2) is 5.16 Å². The molecule has 0 aliphatic rings. The van der Waals surface area contributed by atoms with Crippen molar-refractivity contribution in [3.05, 3.63) is 89.2 Å². The average molecular weight is 402 g/mol. The highest BCUT2D eigenvalue weighted by atomic mass is 32.2. The fourth-order valence-corrected chi connectivity index (χ4v) is 4.38. The van der Waals surface area contributed by atoms with Gasteiger partial charge in [-0.1, -0.05) is 99.3 Å². The molecule has 1 aromatic heterocycles. The van der Waals surface area contributed by atoms with E-state index in [4.69, 9.17) is 0 Å². The van der Waals surface area contributed by atoms with Crippen LogP contribution >= 0.6 is 11.8 Å². The molecule has 29 heavy (non-hydrogen) atoms. The minimum absolute atomic E-state index is 0.186. The average Bonchev–Trinajstić information content (AvgIpc) is 3.06. The number of rotatable bonds is 5. The van der Waals surface area contributed by atoms with Crippen LogP contribution in [0.2, 0.25) is 0 Å². The topological polar surface area (TPSA) is 30.7 Å². The Kier molecular flexibility index (Phi) is 5.46. The molecule has 0 spiro atoms. The molecule has 4 aromatic rings. The van der Waals surface area contributed by atoms with Crippen LogP contribution in [0.4, 0.5) is 0 Å². The van der Waals surface area contributed by atoms with Gasteiger partial charge in [0.05, 0.1) is 0 Å². The summed E-state index contributed by atoms with van der Waals surface area (Å²) in [6, 6.07) is 23.9. The minimum Gasteiger partial charge on any atom is -0.309 e. The Labute approximate surface area is 177 Å². The summed E-state index contributed by atoms with van der Waals surface area (Å²) in [6.45, 7) is 6.73. The van der Waals surface area contributed by atoms with Crippen molar-refractivity contribution < 1.29 is 0 Å². The Balaban J connectivity index is 1.47. The van der Waals surface area contributed by atoms with Crippen LogP contribution in [0.3, 0.4) is 0 Å². The molecule has 4 rings (SSSR count). The molecule has 0 saturated heterocycles. The molecular formula is C25H27N3S. The van der Waals surface area contributed by atoms with Crippen LogP contribution in [-0.2, 0) is 24.6 Å². The summed E-state index contributed by atoms with van der Waals surface area (Å²) in [5.41, 5.74) is 4.14. The van der Waals surface area contributed by atoms with Crippen LogP contribution in [0.15, 0.2) is 71.9 Å². The SMILES string of the molecule is Cn1c(Cc2cccc3ccccc23)nnc1SCc1ccc(C(C)(C)C)cc1. The normalized spacial score (nSPS) is 11.9. The van der Waals surface area contributed by atoms with Gasteiger partial charge >= 0.3 is 0 Å². The second-order valence-corrected chi connectivity index (χ2v) is 9.45. The van der Waals surface area contributed by atoms with E-state index in [0.717, 1.165) is 23.2 Å². The molecule has 0 fully saturated rings. The highest BCUT2D eigenvalue weighted by Crippen LogP contribution is 2.26. The first-order valence-corrected chi connectivity index (χ1v) is 11.0. The Morgan fingerprint density at radius 2 is 1.59 bits per heavy atom. The first-order chi connectivity index (χ1) is 13.9. The first kappa shape index (κ1) is 19.7. The van der Waals surface area contributed by atoms with Crippen molar-refractivity contribution >= 4 is 22.5 Å². The van der Waals surface area contributed by atoms with E-state index in [-0.39, 0.29) is 5.41 Å². The third kappa shape index (κ3) is 4.38. The number of benzene rings is 3. The Hall–Kier alpha value is -2.59. The highest BCUT2D eigenvalue weighted by Gasteiger charge is 2.14. The second kappa shape index (κ2) is 8.03. The molecule has 0 N–H and O–H groups in total. The molecule has 0 saturated carbocycles. The van der Waals surface area contributed by atoms with Crippen molar-refractivity contribution in [2.24, 2.45) is 7.05 Å². The maximum absolute atomic E-state index is 4.47. The lowest BCUT2D eigenvalue weighted by atomic mass is 9.87. The number of aromatic nitrogens is 3. The van der Waals surface area contributed by atoms with E-state index in [1.807, 2.05) is 0 Å². The molecule has 0 bridgehead atoms. The fourth-order valence-electron chi connectivity index (χ4n) is 3.49. The van der Waals surface area contributed by atoms with E-state index in [9.17, 15) is 0 Å². The van der Waals surface area contributed by atoms with E-state index in [0.29, 0.717) is 0 Å². The van der Waals surface area contributed by atoms with Crippen LogP contribution < -0.4 is 0 Å². The van der Waals surface area contributed by atoms with Crippen LogP contribution in [-0.4, -0.2) is 14.8 Å². The maximum Gasteiger partial charge on any atom is 0.191 e. The van der Waals surface area contributed by atoms with Gasteiger partial charge in [0, 0.05) is 19.2 Å². The number of hydrogen-bond acceptors (Lipinski definition) is 3. The van der Waals surface area contributed by atoms with Crippen molar-refractivity contribution in [2.75, 3.05) is 0 Å². The van der Waals surface area contributed by atoms with Gasteiger partial charge in [-0.3, -0.25) is 0 Å². The molecule has 148 valence electrons. The summed E-state index contributed by atoms with van der Waals surface area (Å²) in [5.74, 6) is 1.89. The van der Waals surface area contributed by atoms with Crippen LogP contribution in [0.5, 0.6) is 0 Å². The first-order valence-electron chi connectivity index (χ1n) is 9.99. The van der Waals surface area contributed by atoms with E-state index in [2.05, 4.69) is 109 Å². The molecule has 0 unspecified atom stereocenters. The summed E-state index contributed by atoms with van der Waals surface area (Å²) in [4.78, 5) is 0. The van der Waals surface area contributed by atoms with Gasteiger partial charge < -0.3 is 4.57 Å². The molecule has 0 radical (unpaired) electrons. The smallest absolute Gasteiger partial charge is 0.191 e. The lowest BCUT2D eigenvalue weighted by molar-refractivity contribution is 0.590. The third-order valence-electron chi connectivity index (χ3n) is 5.34. The van der Waals surface area contributed by atoms with Crippen LogP contribution in [0, 0.1) is 0 Å². The van der Waals surface area contributed by atoms with E-state index in [1.54, 1.807) is 11.8 Å². The summed E-state index contributed by atoms with van der Waals surface area (Å²) >= 11 is 1.74. The molecule has 0 aliphatic carbocycles. The van der Waals surface area contributed by atoms with Gasteiger partial charge in [-0.05, 0) is 32.9 Å². The fraction of sp³-hybridized carbons (Fsp3) is 0.280. The van der Waals surface area contributed by atoms with Crippen molar-refractivity contribution in [1.29, 1.82) is 0 Å². The van der Waals surface area contributed by atoms with Crippen molar-refractivity contribution in [3.8, 4) is 0 Å². The lowest BCUT2D eigenvalue weighted by Gasteiger charge is -2.19. The summed E-state index contributed by atoms with van der Waals surface area (Å²) in [7, 11) is 2.06.